The van der Waals surface area contributed by atoms with Gasteiger partial charge in [0.15, 0.2) is 0 Å². The predicted molar refractivity (Wildman–Crippen MR) is 56.3 cm³/mol. The van der Waals surface area contributed by atoms with Gasteiger partial charge in [0.05, 0.1) is 13.1 Å². The van der Waals surface area contributed by atoms with Crippen molar-refractivity contribution in [1.82, 2.24) is 20.4 Å². The third kappa shape index (κ3) is 3.71. The zero-order chi connectivity index (χ0) is 10.5. The van der Waals surface area contributed by atoms with Gasteiger partial charge in [0.2, 0.25) is 5.91 Å². The second-order valence-electron chi connectivity index (χ2n) is 3.77. The predicted octanol–water partition coefficient (Wildman–Crippen LogP) is -0.249. The van der Waals surface area contributed by atoms with E-state index >= 15 is 0 Å². The summed E-state index contributed by atoms with van der Waals surface area (Å²) in [5, 5.41) is 10.1. The van der Waals surface area contributed by atoms with E-state index in [9.17, 15) is 4.79 Å². The molecule has 0 atom stereocenters. The van der Waals surface area contributed by atoms with Crippen molar-refractivity contribution in [2.24, 2.45) is 0 Å². The molecule has 0 unspecified atom stereocenters. The highest BCUT2D eigenvalue weighted by Gasteiger charge is 2.20. The first kappa shape index (κ1) is 10.2. The molecule has 0 bridgehead atoms. The molecular formula is C10H16N4O. The lowest BCUT2D eigenvalue weighted by Crippen LogP contribution is -2.36. The fourth-order valence-corrected chi connectivity index (χ4v) is 1.33. The Labute approximate surface area is 88.8 Å². The quantitative estimate of drug-likeness (QED) is 0.678. The molecule has 0 saturated heterocycles. The molecule has 1 saturated carbocycles. The van der Waals surface area contributed by atoms with Gasteiger partial charge in [-0.3, -0.25) is 9.48 Å². The normalized spacial score (nSPS) is 15.2. The number of nitrogens with one attached hydrogen (secondary N) is 2. The van der Waals surface area contributed by atoms with E-state index in [1.54, 1.807) is 10.9 Å². The van der Waals surface area contributed by atoms with E-state index < -0.39 is 0 Å². The van der Waals surface area contributed by atoms with Crippen LogP contribution in [0, 0.1) is 0 Å². The van der Waals surface area contributed by atoms with Crippen molar-refractivity contribution in [1.29, 1.82) is 0 Å². The van der Waals surface area contributed by atoms with Gasteiger partial charge in [-0.15, -0.1) is 0 Å². The zero-order valence-corrected chi connectivity index (χ0v) is 8.65. The van der Waals surface area contributed by atoms with E-state index in [0.717, 1.165) is 6.54 Å². The van der Waals surface area contributed by atoms with Crippen molar-refractivity contribution >= 4 is 5.91 Å². The number of hydrogen-bond acceptors (Lipinski definition) is 3. The van der Waals surface area contributed by atoms with Crippen LogP contribution >= 0.6 is 0 Å². The van der Waals surface area contributed by atoms with E-state index in [4.69, 9.17) is 0 Å². The van der Waals surface area contributed by atoms with Crippen LogP contribution < -0.4 is 10.6 Å². The molecule has 5 heteroatoms. The van der Waals surface area contributed by atoms with E-state index in [1.165, 1.54) is 12.8 Å². The molecule has 1 aromatic heterocycles. The molecule has 5 nitrogen and oxygen atoms in total. The molecule has 0 spiro atoms. The van der Waals surface area contributed by atoms with Crippen LogP contribution in [-0.2, 0) is 11.3 Å². The van der Waals surface area contributed by atoms with Crippen LogP contribution in [0.1, 0.15) is 12.8 Å². The molecule has 15 heavy (non-hydrogen) atoms. The van der Waals surface area contributed by atoms with E-state index in [1.807, 2.05) is 12.3 Å². The van der Waals surface area contributed by atoms with Crippen LogP contribution in [0.3, 0.4) is 0 Å². The molecule has 1 fully saturated rings. The average molecular weight is 208 g/mol. The Morgan fingerprint density at radius 2 is 2.40 bits per heavy atom. The van der Waals surface area contributed by atoms with Gasteiger partial charge in [-0.05, 0) is 18.9 Å². The minimum atomic E-state index is 0.0639. The summed E-state index contributed by atoms with van der Waals surface area (Å²) in [5.74, 6) is 0.0639. The number of hydrogen-bond donors (Lipinski definition) is 2. The Hall–Kier alpha value is -1.36. The Morgan fingerprint density at radius 3 is 3.07 bits per heavy atom. The van der Waals surface area contributed by atoms with Crippen LogP contribution in [0.4, 0.5) is 0 Å². The van der Waals surface area contributed by atoms with E-state index in [-0.39, 0.29) is 5.91 Å². The van der Waals surface area contributed by atoms with Crippen molar-refractivity contribution in [2.45, 2.75) is 25.4 Å². The van der Waals surface area contributed by atoms with Gasteiger partial charge in [-0.1, -0.05) is 0 Å². The van der Waals surface area contributed by atoms with Gasteiger partial charge < -0.3 is 10.6 Å². The first-order valence-corrected chi connectivity index (χ1v) is 5.32. The minimum Gasteiger partial charge on any atom is -0.353 e. The maximum absolute atomic E-state index is 11.3. The number of nitrogens with zero attached hydrogens (tertiary/aromatic N) is 2. The van der Waals surface area contributed by atoms with Crippen molar-refractivity contribution in [3.63, 3.8) is 0 Å². The van der Waals surface area contributed by atoms with E-state index in [2.05, 4.69) is 15.7 Å². The lowest BCUT2D eigenvalue weighted by atomic mass is 10.5. The number of carbonyl (C=O) groups is 1. The molecule has 2 N–H and O–H groups in total. The third-order valence-corrected chi connectivity index (χ3v) is 2.35. The van der Waals surface area contributed by atoms with E-state index in [0.29, 0.717) is 19.1 Å². The zero-order valence-electron chi connectivity index (χ0n) is 8.65. The molecule has 0 radical (unpaired) electrons. The summed E-state index contributed by atoms with van der Waals surface area (Å²) < 4.78 is 1.80. The summed E-state index contributed by atoms with van der Waals surface area (Å²) in [6, 6.07) is 2.46. The van der Waals surface area contributed by atoms with Crippen molar-refractivity contribution < 1.29 is 4.79 Å². The first-order chi connectivity index (χ1) is 7.34. The minimum absolute atomic E-state index is 0.0639. The van der Waals surface area contributed by atoms with Gasteiger partial charge in [-0.25, -0.2) is 0 Å². The molecule has 0 aromatic carbocycles. The highest BCUT2D eigenvalue weighted by molar-refractivity contribution is 5.77. The standard InChI is InChI=1S/C10H16N4O/c15-10(8-12-9-2-3-9)11-5-7-14-6-1-4-13-14/h1,4,6,9,12H,2-3,5,7-8H2,(H,11,15). The van der Waals surface area contributed by atoms with Crippen LogP contribution in [0.2, 0.25) is 0 Å². The molecule has 1 aliphatic rings. The molecule has 1 aromatic rings. The van der Waals surface area contributed by atoms with Gasteiger partial charge in [-0.2, -0.15) is 5.10 Å². The molecule has 1 heterocycles. The van der Waals surface area contributed by atoms with Gasteiger partial charge in [0.25, 0.3) is 0 Å². The highest BCUT2D eigenvalue weighted by Crippen LogP contribution is 2.17. The monoisotopic (exact) mass is 208 g/mol. The first-order valence-electron chi connectivity index (χ1n) is 5.32. The fraction of sp³-hybridized carbons (Fsp3) is 0.600. The third-order valence-electron chi connectivity index (χ3n) is 2.35. The maximum Gasteiger partial charge on any atom is 0.234 e. The maximum atomic E-state index is 11.3. The van der Waals surface area contributed by atoms with Crippen LogP contribution in [0.5, 0.6) is 0 Å². The Morgan fingerprint density at radius 1 is 1.53 bits per heavy atom. The van der Waals surface area contributed by atoms with Gasteiger partial charge in [0, 0.05) is 25.0 Å². The summed E-state index contributed by atoms with van der Waals surface area (Å²) in [6.45, 7) is 1.79. The molecule has 1 aliphatic carbocycles. The Balaban J connectivity index is 1.54. The molecule has 0 aliphatic heterocycles. The Bertz CT molecular complexity index is 305. The summed E-state index contributed by atoms with van der Waals surface area (Å²) in [7, 11) is 0. The van der Waals surface area contributed by atoms with Crippen LogP contribution in [0.15, 0.2) is 18.5 Å². The lowest BCUT2D eigenvalue weighted by Gasteiger charge is -2.05. The summed E-state index contributed by atoms with van der Waals surface area (Å²) in [5.41, 5.74) is 0. The fourth-order valence-electron chi connectivity index (χ4n) is 1.33. The smallest absolute Gasteiger partial charge is 0.234 e. The molecule has 2 rings (SSSR count). The SMILES string of the molecule is O=C(CNC1CC1)NCCn1cccn1. The number of amides is 1. The summed E-state index contributed by atoms with van der Waals surface area (Å²) in [6.07, 6.45) is 6.03. The Kier molecular flexibility index (Phi) is 3.34. The number of aromatic nitrogens is 2. The summed E-state index contributed by atoms with van der Waals surface area (Å²) >= 11 is 0. The van der Waals surface area contributed by atoms with Crippen molar-refractivity contribution in [2.75, 3.05) is 13.1 Å². The van der Waals surface area contributed by atoms with Gasteiger partial charge in [0.1, 0.15) is 0 Å². The largest absolute Gasteiger partial charge is 0.353 e. The highest BCUT2D eigenvalue weighted by atomic mass is 16.1. The van der Waals surface area contributed by atoms with Crippen LogP contribution in [-0.4, -0.2) is 34.8 Å². The van der Waals surface area contributed by atoms with Crippen molar-refractivity contribution in [3.05, 3.63) is 18.5 Å². The molecule has 82 valence electrons. The summed E-state index contributed by atoms with van der Waals surface area (Å²) in [4.78, 5) is 11.3. The number of carbonyl (C=O) groups excluding carboxylic acids is 1. The second-order valence-corrected chi connectivity index (χ2v) is 3.77. The number of rotatable bonds is 6. The second kappa shape index (κ2) is 4.93. The molecule has 1 amide bonds. The lowest BCUT2D eigenvalue weighted by molar-refractivity contribution is -0.120. The van der Waals surface area contributed by atoms with Gasteiger partial charge >= 0.3 is 0 Å². The van der Waals surface area contributed by atoms with Crippen molar-refractivity contribution in [3.8, 4) is 0 Å². The van der Waals surface area contributed by atoms with Crippen LogP contribution in [0.25, 0.3) is 0 Å². The molecular weight excluding hydrogens is 192 g/mol. The average Bonchev–Trinajstić information content (AvgIpc) is 2.92. The topological polar surface area (TPSA) is 59.0 Å².